The number of nitrogens with one attached hydrogen (secondary N) is 1. The summed E-state index contributed by atoms with van der Waals surface area (Å²) in [6, 6.07) is 8.62. The Morgan fingerprint density at radius 1 is 0.970 bits per heavy atom. The number of methoxy groups -OCH3 is 2. The van der Waals surface area contributed by atoms with Gasteiger partial charge in [-0.15, -0.1) is 0 Å². The van der Waals surface area contributed by atoms with Crippen molar-refractivity contribution in [3.05, 3.63) is 45.8 Å². The molecule has 0 spiro atoms. The van der Waals surface area contributed by atoms with E-state index in [1.807, 2.05) is 19.9 Å². The van der Waals surface area contributed by atoms with Crippen LogP contribution in [0.2, 0.25) is 5.02 Å². The van der Waals surface area contributed by atoms with E-state index >= 15 is 0 Å². The fourth-order valence-electron chi connectivity index (χ4n) is 3.11. The summed E-state index contributed by atoms with van der Waals surface area (Å²) in [4.78, 5) is 26.8. The number of anilines is 1. The first kappa shape index (κ1) is 24.6. The van der Waals surface area contributed by atoms with Crippen LogP contribution in [0.1, 0.15) is 19.4 Å². The van der Waals surface area contributed by atoms with E-state index in [0.29, 0.717) is 51.8 Å². The SMILES string of the molecule is CCOc1ccc(/C=C2\SC(=O)N(CNc3cc(Cl)c(OC)cc3OC)C2=O)cc1OCC. The first-order valence-corrected chi connectivity index (χ1v) is 11.4. The van der Waals surface area contributed by atoms with Crippen LogP contribution in [0, 0.1) is 0 Å². The molecule has 2 aromatic carbocycles. The molecule has 1 N–H and O–H groups in total. The number of benzene rings is 2. The molecular weight excluding hydrogens is 468 g/mol. The van der Waals surface area contributed by atoms with Crippen molar-refractivity contribution in [2.45, 2.75) is 13.8 Å². The number of amides is 2. The van der Waals surface area contributed by atoms with Gasteiger partial charge in [0.25, 0.3) is 11.1 Å². The molecule has 0 saturated carbocycles. The number of nitrogens with zero attached hydrogens (tertiary/aromatic N) is 1. The number of ether oxygens (including phenoxy) is 4. The summed E-state index contributed by atoms with van der Waals surface area (Å²) in [7, 11) is 3.01. The number of rotatable bonds is 10. The van der Waals surface area contributed by atoms with Crippen molar-refractivity contribution in [3.8, 4) is 23.0 Å². The Balaban J connectivity index is 1.77. The highest BCUT2D eigenvalue weighted by atomic mass is 35.5. The molecular formula is C23H25ClN2O6S. The standard InChI is InChI=1S/C23H25ClN2O6S/c1-5-31-17-8-7-14(9-20(17)32-6-2)10-21-22(27)26(23(28)33-21)13-25-16-11-15(24)18(29-3)12-19(16)30-4/h7-12,25H,5-6,13H2,1-4H3/b21-10-. The second-order valence-electron chi connectivity index (χ2n) is 6.70. The summed E-state index contributed by atoms with van der Waals surface area (Å²) in [5, 5.41) is 3.02. The van der Waals surface area contributed by atoms with Crippen LogP contribution in [-0.4, -0.2) is 50.1 Å². The molecule has 0 atom stereocenters. The quantitative estimate of drug-likeness (QED) is 0.449. The lowest BCUT2D eigenvalue weighted by atomic mass is 10.2. The number of thioether (sulfide) groups is 1. The Hall–Kier alpha value is -3.04. The zero-order chi connectivity index (χ0) is 24.0. The van der Waals surface area contributed by atoms with Gasteiger partial charge in [0.2, 0.25) is 0 Å². The minimum Gasteiger partial charge on any atom is -0.495 e. The minimum atomic E-state index is -0.400. The molecule has 0 aromatic heterocycles. The van der Waals surface area contributed by atoms with E-state index in [1.54, 1.807) is 30.3 Å². The molecule has 33 heavy (non-hydrogen) atoms. The van der Waals surface area contributed by atoms with Gasteiger partial charge in [-0.25, -0.2) is 0 Å². The van der Waals surface area contributed by atoms with Crippen molar-refractivity contribution in [1.82, 2.24) is 4.90 Å². The molecule has 1 aliphatic rings. The normalized spacial score (nSPS) is 14.6. The Morgan fingerprint density at radius 2 is 1.67 bits per heavy atom. The van der Waals surface area contributed by atoms with Crippen molar-refractivity contribution in [1.29, 1.82) is 0 Å². The molecule has 0 bridgehead atoms. The van der Waals surface area contributed by atoms with Gasteiger partial charge < -0.3 is 24.3 Å². The molecule has 10 heteroatoms. The van der Waals surface area contributed by atoms with Gasteiger partial charge in [0, 0.05) is 6.07 Å². The molecule has 3 rings (SSSR count). The smallest absolute Gasteiger partial charge is 0.295 e. The van der Waals surface area contributed by atoms with Gasteiger partial charge in [-0.3, -0.25) is 14.5 Å². The maximum atomic E-state index is 12.9. The molecule has 1 saturated heterocycles. The predicted molar refractivity (Wildman–Crippen MR) is 130 cm³/mol. The van der Waals surface area contributed by atoms with Crippen LogP contribution in [0.4, 0.5) is 10.5 Å². The lowest BCUT2D eigenvalue weighted by Gasteiger charge is -2.17. The number of hydrogen-bond donors (Lipinski definition) is 1. The lowest BCUT2D eigenvalue weighted by Crippen LogP contribution is -2.33. The molecule has 8 nitrogen and oxygen atoms in total. The van der Waals surface area contributed by atoms with E-state index in [4.69, 9.17) is 30.5 Å². The van der Waals surface area contributed by atoms with Gasteiger partial charge in [-0.2, -0.15) is 0 Å². The van der Waals surface area contributed by atoms with Crippen LogP contribution in [-0.2, 0) is 4.79 Å². The second kappa shape index (κ2) is 11.2. The summed E-state index contributed by atoms with van der Waals surface area (Å²) < 4.78 is 21.7. The van der Waals surface area contributed by atoms with Crippen LogP contribution < -0.4 is 24.3 Å². The fourth-order valence-corrected chi connectivity index (χ4v) is 4.19. The van der Waals surface area contributed by atoms with Crippen LogP contribution >= 0.6 is 23.4 Å². The van der Waals surface area contributed by atoms with E-state index in [2.05, 4.69) is 5.32 Å². The Bertz CT molecular complexity index is 1080. The molecule has 176 valence electrons. The van der Waals surface area contributed by atoms with Crippen molar-refractivity contribution in [2.75, 3.05) is 39.4 Å². The van der Waals surface area contributed by atoms with E-state index in [9.17, 15) is 9.59 Å². The number of carbonyl (C=O) groups excluding carboxylic acids is 2. The maximum absolute atomic E-state index is 12.9. The first-order valence-electron chi connectivity index (χ1n) is 10.2. The average Bonchev–Trinajstić information content (AvgIpc) is 3.06. The van der Waals surface area contributed by atoms with Gasteiger partial charge in [-0.05, 0) is 55.4 Å². The van der Waals surface area contributed by atoms with Gasteiger partial charge in [0.1, 0.15) is 11.5 Å². The van der Waals surface area contributed by atoms with Crippen molar-refractivity contribution in [3.63, 3.8) is 0 Å². The molecule has 2 aromatic rings. The molecule has 1 fully saturated rings. The highest BCUT2D eigenvalue weighted by Gasteiger charge is 2.35. The predicted octanol–water partition coefficient (Wildman–Crippen LogP) is 5.26. The Labute approximate surface area is 201 Å². The van der Waals surface area contributed by atoms with Crippen molar-refractivity contribution >= 4 is 46.3 Å². The zero-order valence-corrected chi connectivity index (χ0v) is 20.3. The minimum absolute atomic E-state index is 0.0471. The topological polar surface area (TPSA) is 86.3 Å². The van der Waals surface area contributed by atoms with E-state index in [-0.39, 0.29) is 11.9 Å². The molecule has 1 aliphatic heterocycles. The molecule has 1 heterocycles. The Kier molecular flexibility index (Phi) is 8.35. The third kappa shape index (κ3) is 5.66. The highest BCUT2D eigenvalue weighted by Crippen LogP contribution is 2.37. The average molecular weight is 493 g/mol. The molecule has 0 aliphatic carbocycles. The van der Waals surface area contributed by atoms with Gasteiger partial charge in [0.05, 0.1) is 49.7 Å². The van der Waals surface area contributed by atoms with Crippen LogP contribution in [0.25, 0.3) is 6.08 Å². The lowest BCUT2D eigenvalue weighted by molar-refractivity contribution is -0.122. The highest BCUT2D eigenvalue weighted by molar-refractivity contribution is 8.18. The summed E-state index contributed by atoms with van der Waals surface area (Å²) in [5.74, 6) is 1.73. The van der Waals surface area contributed by atoms with E-state index in [0.717, 1.165) is 22.2 Å². The summed E-state index contributed by atoms with van der Waals surface area (Å²) >= 11 is 7.06. The van der Waals surface area contributed by atoms with Gasteiger partial charge in [-0.1, -0.05) is 17.7 Å². The zero-order valence-electron chi connectivity index (χ0n) is 18.8. The summed E-state index contributed by atoms with van der Waals surface area (Å²) in [6.45, 7) is 4.71. The summed E-state index contributed by atoms with van der Waals surface area (Å²) in [6.07, 6.45) is 1.66. The van der Waals surface area contributed by atoms with Gasteiger partial charge in [0.15, 0.2) is 11.5 Å². The largest absolute Gasteiger partial charge is 0.495 e. The van der Waals surface area contributed by atoms with Gasteiger partial charge >= 0.3 is 0 Å². The number of imide groups is 1. The second-order valence-corrected chi connectivity index (χ2v) is 8.10. The van der Waals surface area contributed by atoms with Crippen LogP contribution in [0.5, 0.6) is 23.0 Å². The number of carbonyl (C=O) groups is 2. The maximum Gasteiger partial charge on any atom is 0.295 e. The Morgan fingerprint density at radius 3 is 2.33 bits per heavy atom. The van der Waals surface area contributed by atoms with Crippen molar-refractivity contribution in [2.24, 2.45) is 0 Å². The van der Waals surface area contributed by atoms with Crippen LogP contribution in [0.15, 0.2) is 35.2 Å². The monoisotopic (exact) mass is 492 g/mol. The molecule has 0 unspecified atom stereocenters. The van der Waals surface area contributed by atoms with Crippen molar-refractivity contribution < 1.29 is 28.5 Å². The third-order valence-electron chi connectivity index (χ3n) is 4.64. The van der Waals surface area contributed by atoms with E-state index < -0.39 is 5.91 Å². The third-order valence-corrected chi connectivity index (χ3v) is 5.84. The first-order chi connectivity index (χ1) is 15.9. The fraction of sp³-hybridized carbons (Fsp3) is 0.304. The number of hydrogen-bond acceptors (Lipinski definition) is 8. The molecule has 2 amide bonds. The molecule has 0 radical (unpaired) electrons. The number of halogens is 1. The van der Waals surface area contributed by atoms with Crippen LogP contribution in [0.3, 0.4) is 0 Å². The summed E-state index contributed by atoms with van der Waals surface area (Å²) in [5.41, 5.74) is 1.25. The van der Waals surface area contributed by atoms with E-state index in [1.165, 1.54) is 14.2 Å².